The largest absolute Gasteiger partial charge is 0.385 e. The highest BCUT2D eigenvalue weighted by molar-refractivity contribution is 5.49. The molecule has 0 bridgehead atoms. The molecular weight excluding hydrogens is 166 g/mol. The Bertz CT molecular complexity index is 422. The average molecular weight is 177 g/mol. The van der Waals surface area contributed by atoms with Crippen molar-refractivity contribution in [3.63, 3.8) is 0 Å². The van der Waals surface area contributed by atoms with Crippen molar-refractivity contribution >= 4 is 11.5 Å². The third-order valence-corrected chi connectivity index (χ3v) is 1.92. The van der Waals surface area contributed by atoms with Crippen LogP contribution in [0.2, 0.25) is 0 Å². The molecule has 0 radical (unpaired) electrons. The Hall–Kier alpha value is -1.55. The summed E-state index contributed by atoms with van der Waals surface area (Å²) in [5.41, 5.74) is 7.62. The Morgan fingerprint density at radius 1 is 1.54 bits per heavy atom. The molecule has 2 rings (SSSR count). The Kier molecular flexibility index (Phi) is 1.90. The lowest BCUT2D eigenvalue weighted by Crippen LogP contribution is -2.00. The second kappa shape index (κ2) is 3.06. The molecule has 2 aromatic heterocycles. The summed E-state index contributed by atoms with van der Waals surface area (Å²) in [7, 11) is 1.65. The van der Waals surface area contributed by atoms with Gasteiger partial charge in [0.15, 0.2) is 0 Å². The van der Waals surface area contributed by atoms with Crippen LogP contribution in [0.15, 0.2) is 24.4 Å². The molecule has 0 aliphatic carbocycles. The summed E-state index contributed by atoms with van der Waals surface area (Å²) in [5, 5.41) is 0. The summed E-state index contributed by atoms with van der Waals surface area (Å²) in [6, 6.07) is 5.64. The summed E-state index contributed by atoms with van der Waals surface area (Å²) in [4.78, 5) is 4.20. The summed E-state index contributed by atoms with van der Waals surface area (Å²) >= 11 is 0. The molecule has 0 aliphatic rings. The topological polar surface area (TPSA) is 52.5 Å². The number of hydrogen-bond donors (Lipinski definition) is 1. The predicted molar refractivity (Wildman–Crippen MR) is 50.3 cm³/mol. The van der Waals surface area contributed by atoms with Crippen molar-refractivity contribution in [1.82, 2.24) is 9.38 Å². The van der Waals surface area contributed by atoms with Crippen molar-refractivity contribution in [3.8, 4) is 0 Å². The lowest BCUT2D eigenvalue weighted by atomic mass is 10.4. The summed E-state index contributed by atoms with van der Waals surface area (Å²) in [5.74, 6) is 0.682. The van der Waals surface area contributed by atoms with Gasteiger partial charge in [-0.25, -0.2) is 4.98 Å². The van der Waals surface area contributed by atoms with E-state index in [1.807, 2.05) is 22.6 Å². The van der Waals surface area contributed by atoms with Crippen LogP contribution in [-0.2, 0) is 11.3 Å². The first-order valence-electron chi connectivity index (χ1n) is 4.02. The van der Waals surface area contributed by atoms with E-state index in [1.54, 1.807) is 13.3 Å². The van der Waals surface area contributed by atoms with E-state index in [1.165, 1.54) is 0 Å². The quantitative estimate of drug-likeness (QED) is 0.746. The first-order valence-corrected chi connectivity index (χ1v) is 4.02. The third kappa shape index (κ3) is 1.25. The highest BCUT2D eigenvalue weighted by atomic mass is 16.5. The molecule has 4 heteroatoms. The fraction of sp³-hybridized carbons (Fsp3) is 0.222. The van der Waals surface area contributed by atoms with Crippen molar-refractivity contribution < 1.29 is 4.74 Å². The highest BCUT2D eigenvalue weighted by Gasteiger charge is 2.03. The van der Waals surface area contributed by atoms with Gasteiger partial charge in [-0.15, -0.1) is 0 Å². The lowest BCUT2D eigenvalue weighted by molar-refractivity contribution is 0.181. The molecule has 13 heavy (non-hydrogen) atoms. The van der Waals surface area contributed by atoms with Gasteiger partial charge < -0.3 is 10.5 Å². The molecule has 0 atom stereocenters. The van der Waals surface area contributed by atoms with Crippen LogP contribution in [0.25, 0.3) is 5.65 Å². The molecule has 2 N–H and O–H groups in total. The molecule has 0 aliphatic heterocycles. The monoisotopic (exact) mass is 177 g/mol. The molecule has 2 aromatic rings. The number of fused-ring (bicyclic) bond motifs is 1. The van der Waals surface area contributed by atoms with Crippen LogP contribution >= 0.6 is 0 Å². The van der Waals surface area contributed by atoms with Crippen molar-refractivity contribution in [3.05, 3.63) is 30.1 Å². The van der Waals surface area contributed by atoms with E-state index >= 15 is 0 Å². The van der Waals surface area contributed by atoms with Crippen LogP contribution in [0.4, 0.5) is 5.82 Å². The van der Waals surface area contributed by atoms with Crippen LogP contribution in [0.3, 0.4) is 0 Å². The van der Waals surface area contributed by atoms with Crippen molar-refractivity contribution in [2.75, 3.05) is 12.8 Å². The van der Waals surface area contributed by atoms with Gasteiger partial charge in [-0.2, -0.15) is 0 Å². The van der Waals surface area contributed by atoms with Crippen molar-refractivity contribution in [2.45, 2.75) is 6.61 Å². The fourth-order valence-electron chi connectivity index (χ4n) is 1.38. The Morgan fingerprint density at radius 3 is 3.15 bits per heavy atom. The summed E-state index contributed by atoms with van der Waals surface area (Å²) < 4.78 is 6.91. The zero-order chi connectivity index (χ0) is 9.26. The number of aromatic nitrogens is 2. The van der Waals surface area contributed by atoms with E-state index in [4.69, 9.17) is 10.5 Å². The minimum absolute atomic E-state index is 0.523. The number of nitrogens with zero attached hydrogens (tertiary/aromatic N) is 2. The summed E-state index contributed by atoms with van der Waals surface area (Å²) in [6.45, 7) is 0.523. The van der Waals surface area contributed by atoms with Gasteiger partial charge in [-0.05, 0) is 12.1 Å². The molecular formula is C9H11N3O. The summed E-state index contributed by atoms with van der Waals surface area (Å²) in [6.07, 6.45) is 1.77. The molecule has 0 saturated heterocycles. The number of hydrogen-bond acceptors (Lipinski definition) is 3. The number of methoxy groups -OCH3 is 1. The molecule has 0 amide bonds. The van der Waals surface area contributed by atoms with Crippen molar-refractivity contribution in [2.24, 2.45) is 0 Å². The Balaban J connectivity index is 2.64. The maximum atomic E-state index is 5.80. The molecule has 0 unspecified atom stereocenters. The smallest absolute Gasteiger partial charge is 0.138 e. The minimum atomic E-state index is 0.523. The van der Waals surface area contributed by atoms with Gasteiger partial charge in [0, 0.05) is 7.11 Å². The standard InChI is InChI=1S/C9H11N3O/c1-13-6-7-5-11-9-4-2-3-8(10)12(7)9/h2-5H,6,10H2,1H3. The first kappa shape index (κ1) is 8.07. The molecule has 0 fully saturated rings. The van der Waals surface area contributed by atoms with E-state index in [-0.39, 0.29) is 0 Å². The van der Waals surface area contributed by atoms with E-state index in [0.29, 0.717) is 12.4 Å². The number of nitrogens with two attached hydrogens (primary N) is 1. The maximum Gasteiger partial charge on any atom is 0.138 e. The number of imidazole rings is 1. The van der Waals surface area contributed by atoms with Gasteiger partial charge in [0.05, 0.1) is 18.5 Å². The van der Waals surface area contributed by atoms with Gasteiger partial charge in [0.2, 0.25) is 0 Å². The predicted octanol–water partition coefficient (Wildman–Crippen LogP) is 1.06. The third-order valence-electron chi connectivity index (χ3n) is 1.92. The normalized spacial score (nSPS) is 10.8. The molecule has 0 spiro atoms. The van der Waals surface area contributed by atoms with Crippen LogP contribution in [-0.4, -0.2) is 16.5 Å². The number of anilines is 1. The Morgan fingerprint density at radius 2 is 2.38 bits per heavy atom. The second-order valence-electron chi connectivity index (χ2n) is 2.83. The molecule has 4 nitrogen and oxygen atoms in total. The number of ether oxygens (including phenoxy) is 1. The van der Waals surface area contributed by atoms with E-state index in [9.17, 15) is 0 Å². The zero-order valence-electron chi connectivity index (χ0n) is 7.40. The van der Waals surface area contributed by atoms with Crippen LogP contribution in [0.5, 0.6) is 0 Å². The second-order valence-corrected chi connectivity index (χ2v) is 2.83. The molecule has 68 valence electrons. The zero-order valence-corrected chi connectivity index (χ0v) is 7.40. The fourth-order valence-corrected chi connectivity index (χ4v) is 1.38. The Labute approximate surface area is 76.0 Å². The maximum absolute atomic E-state index is 5.80. The first-order chi connectivity index (χ1) is 6.33. The minimum Gasteiger partial charge on any atom is -0.385 e. The lowest BCUT2D eigenvalue weighted by Gasteiger charge is -2.03. The highest BCUT2D eigenvalue weighted by Crippen LogP contribution is 2.12. The van der Waals surface area contributed by atoms with Gasteiger partial charge in [0.1, 0.15) is 11.5 Å². The van der Waals surface area contributed by atoms with E-state index in [2.05, 4.69) is 4.98 Å². The van der Waals surface area contributed by atoms with E-state index in [0.717, 1.165) is 11.3 Å². The SMILES string of the molecule is COCc1cnc2cccc(N)n12. The van der Waals surface area contributed by atoms with Gasteiger partial charge in [-0.3, -0.25) is 4.40 Å². The number of pyridine rings is 1. The molecule has 0 aromatic carbocycles. The molecule has 0 saturated carbocycles. The van der Waals surface area contributed by atoms with E-state index < -0.39 is 0 Å². The van der Waals surface area contributed by atoms with Gasteiger partial charge in [-0.1, -0.05) is 6.07 Å². The number of nitrogen functional groups attached to an aromatic ring is 1. The molecule has 2 heterocycles. The average Bonchev–Trinajstić information content (AvgIpc) is 2.51. The van der Waals surface area contributed by atoms with Crippen LogP contribution < -0.4 is 5.73 Å². The number of rotatable bonds is 2. The van der Waals surface area contributed by atoms with Crippen LogP contribution in [0, 0.1) is 0 Å². The van der Waals surface area contributed by atoms with Crippen molar-refractivity contribution in [1.29, 1.82) is 0 Å². The van der Waals surface area contributed by atoms with Gasteiger partial charge >= 0.3 is 0 Å². The van der Waals surface area contributed by atoms with Crippen LogP contribution in [0.1, 0.15) is 5.69 Å². The van der Waals surface area contributed by atoms with Gasteiger partial charge in [0.25, 0.3) is 0 Å².